The molecule has 6 heteroatoms. The van der Waals surface area contributed by atoms with Crippen molar-refractivity contribution in [3.63, 3.8) is 0 Å². The van der Waals surface area contributed by atoms with Crippen LogP contribution < -0.4 is 4.74 Å². The molecule has 0 bridgehead atoms. The predicted octanol–water partition coefficient (Wildman–Crippen LogP) is 2.06. The minimum Gasteiger partial charge on any atom is -0.494 e. The summed E-state index contributed by atoms with van der Waals surface area (Å²) in [5.41, 5.74) is 0.960. The summed E-state index contributed by atoms with van der Waals surface area (Å²) in [4.78, 5) is 8.38. The van der Waals surface area contributed by atoms with E-state index in [1.807, 2.05) is 31.2 Å². The van der Waals surface area contributed by atoms with Crippen LogP contribution in [0.3, 0.4) is 0 Å². The number of benzene rings is 1. The Kier molecular flexibility index (Phi) is 2.97. The first-order chi connectivity index (χ1) is 9.36. The minimum atomic E-state index is 0.571. The van der Waals surface area contributed by atoms with E-state index in [4.69, 9.17) is 4.74 Å². The van der Waals surface area contributed by atoms with Crippen LogP contribution in [0.2, 0.25) is 0 Å². The molecule has 0 fully saturated rings. The monoisotopic (exact) mass is 255 g/mol. The van der Waals surface area contributed by atoms with E-state index in [0.29, 0.717) is 18.4 Å². The van der Waals surface area contributed by atoms with E-state index >= 15 is 0 Å². The number of nitrogens with zero attached hydrogens (tertiary/aromatic N) is 4. The second-order valence-electron chi connectivity index (χ2n) is 3.91. The largest absolute Gasteiger partial charge is 0.494 e. The fraction of sp³-hybridized carbons (Fsp3) is 0.154. The molecule has 0 aliphatic heterocycles. The number of rotatable bonds is 4. The minimum absolute atomic E-state index is 0.571. The lowest BCUT2D eigenvalue weighted by Gasteiger charge is -2.02. The zero-order chi connectivity index (χ0) is 13.1. The third-order valence-corrected chi connectivity index (χ3v) is 2.65. The Labute approximate surface area is 110 Å². The van der Waals surface area contributed by atoms with E-state index in [1.54, 1.807) is 23.3 Å². The van der Waals surface area contributed by atoms with Crippen LogP contribution in [-0.4, -0.2) is 31.3 Å². The zero-order valence-corrected chi connectivity index (χ0v) is 10.4. The van der Waals surface area contributed by atoms with Gasteiger partial charge in [-0.15, -0.1) is 5.10 Å². The van der Waals surface area contributed by atoms with Crippen LogP contribution in [0.15, 0.2) is 43.0 Å². The van der Waals surface area contributed by atoms with Crippen molar-refractivity contribution >= 4 is 0 Å². The Morgan fingerprint density at radius 1 is 1.26 bits per heavy atom. The van der Waals surface area contributed by atoms with Crippen molar-refractivity contribution in [3.05, 3.63) is 43.0 Å². The molecule has 6 nitrogen and oxygen atoms in total. The van der Waals surface area contributed by atoms with Gasteiger partial charge in [0.25, 0.3) is 5.95 Å². The average molecular weight is 255 g/mol. The number of aromatic amines is 1. The molecule has 1 aromatic carbocycles. The number of H-pyrrole nitrogens is 1. The Morgan fingerprint density at radius 3 is 2.79 bits per heavy atom. The van der Waals surface area contributed by atoms with Gasteiger partial charge in [-0.2, -0.15) is 4.98 Å². The van der Waals surface area contributed by atoms with Gasteiger partial charge in [0.2, 0.25) is 0 Å². The molecule has 0 saturated heterocycles. The predicted molar refractivity (Wildman–Crippen MR) is 70.1 cm³/mol. The van der Waals surface area contributed by atoms with E-state index in [9.17, 15) is 0 Å². The van der Waals surface area contributed by atoms with Crippen molar-refractivity contribution in [1.29, 1.82) is 0 Å². The third-order valence-electron chi connectivity index (χ3n) is 2.65. The molecule has 0 radical (unpaired) electrons. The highest BCUT2D eigenvalue weighted by Crippen LogP contribution is 2.19. The first-order valence-electron chi connectivity index (χ1n) is 6.01. The van der Waals surface area contributed by atoms with Gasteiger partial charge in [-0.25, -0.2) is 4.98 Å². The second kappa shape index (κ2) is 4.93. The molecule has 2 aromatic heterocycles. The van der Waals surface area contributed by atoms with Gasteiger partial charge < -0.3 is 4.74 Å². The van der Waals surface area contributed by atoms with Crippen LogP contribution in [0.4, 0.5) is 0 Å². The number of hydrogen-bond acceptors (Lipinski definition) is 4. The maximum absolute atomic E-state index is 5.40. The van der Waals surface area contributed by atoms with Gasteiger partial charge in [0.1, 0.15) is 12.1 Å². The molecule has 1 N–H and O–H groups in total. The molecule has 0 spiro atoms. The summed E-state index contributed by atoms with van der Waals surface area (Å²) < 4.78 is 7.15. The fourth-order valence-electron chi connectivity index (χ4n) is 1.75. The van der Waals surface area contributed by atoms with E-state index in [0.717, 1.165) is 11.3 Å². The molecule has 96 valence electrons. The first kappa shape index (κ1) is 11.5. The summed E-state index contributed by atoms with van der Waals surface area (Å²) >= 11 is 0. The Balaban J connectivity index is 1.86. The molecule has 0 unspecified atom stereocenters. The molecule has 0 atom stereocenters. The third kappa shape index (κ3) is 2.33. The van der Waals surface area contributed by atoms with Crippen LogP contribution in [0, 0.1) is 0 Å². The molecule has 2 heterocycles. The van der Waals surface area contributed by atoms with E-state index in [1.165, 1.54) is 0 Å². The fourth-order valence-corrected chi connectivity index (χ4v) is 1.75. The Hall–Kier alpha value is -2.63. The molecule has 3 rings (SSSR count). The number of aromatic nitrogens is 5. The Bertz CT molecular complexity index is 642. The van der Waals surface area contributed by atoms with Crippen molar-refractivity contribution < 1.29 is 4.74 Å². The first-order valence-corrected chi connectivity index (χ1v) is 6.01. The molecule has 3 aromatic rings. The number of nitrogens with one attached hydrogen (secondary N) is 1. The van der Waals surface area contributed by atoms with Crippen molar-refractivity contribution in [2.45, 2.75) is 6.92 Å². The summed E-state index contributed by atoms with van der Waals surface area (Å²) in [5.74, 6) is 2.13. The molecule has 0 saturated carbocycles. The summed E-state index contributed by atoms with van der Waals surface area (Å²) in [7, 11) is 0. The Morgan fingerprint density at radius 2 is 2.11 bits per heavy atom. The van der Waals surface area contributed by atoms with Crippen LogP contribution in [0.25, 0.3) is 17.3 Å². The maximum Gasteiger partial charge on any atom is 0.254 e. The van der Waals surface area contributed by atoms with Gasteiger partial charge in [0, 0.05) is 18.0 Å². The lowest BCUT2D eigenvalue weighted by Crippen LogP contribution is -1.92. The highest BCUT2D eigenvalue weighted by Gasteiger charge is 2.06. The highest BCUT2D eigenvalue weighted by atomic mass is 16.5. The van der Waals surface area contributed by atoms with E-state index in [2.05, 4.69) is 20.2 Å². The molecular weight excluding hydrogens is 242 g/mol. The number of ether oxygens (including phenoxy) is 1. The van der Waals surface area contributed by atoms with Crippen LogP contribution in [-0.2, 0) is 0 Å². The summed E-state index contributed by atoms with van der Waals surface area (Å²) in [6, 6.07) is 7.73. The number of hydrogen-bond donors (Lipinski definition) is 1. The van der Waals surface area contributed by atoms with Gasteiger partial charge >= 0.3 is 0 Å². The smallest absolute Gasteiger partial charge is 0.254 e. The number of imidazole rings is 1. The molecule has 0 aliphatic rings. The van der Waals surface area contributed by atoms with Crippen molar-refractivity contribution in [3.8, 4) is 23.1 Å². The summed E-state index contributed by atoms with van der Waals surface area (Å²) in [6.45, 7) is 2.62. The van der Waals surface area contributed by atoms with Crippen LogP contribution >= 0.6 is 0 Å². The topological polar surface area (TPSA) is 68.6 Å². The summed E-state index contributed by atoms with van der Waals surface area (Å²) in [6.07, 6.45) is 5.14. The van der Waals surface area contributed by atoms with Gasteiger partial charge in [-0.05, 0) is 31.2 Å². The molecule has 0 aliphatic carbocycles. The second-order valence-corrected chi connectivity index (χ2v) is 3.91. The van der Waals surface area contributed by atoms with Crippen LogP contribution in [0.1, 0.15) is 6.92 Å². The van der Waals surface area contributed by atoms with Gasteiger partial charge in [-0.1, -0.05) is 0 Å². The summed E-state index contributed by atoms with van der Waals surface area (Å²) in [5, 5.41) is 7.06. The lowest BCUT2D eigenvalue weighted by molar-refractivity contribution is 0.340. The standard InChI is InChI=1S/C13H13N5O/c1-2-19-11-5-3-10(4-6-11)12-15-13(17-16-12)18-8-7-14-9-18/h3-9H,2H2,1H3,(H,15,16,17). The van der Waals surface area contributed by atoms with Gasteiger partial charge in [0.15, 0.2) is 5.82 Å². The van der Waals surface area contributed by atoms with Gasteiger partial charge in [0.05, 0.1) is 6.61 Å². The van der Waals surface area contributed by atoms with E-state index in [-0.39, 0.29) is 0 Å². The van der Waals surface area contributed by atoms with Crippen molar-refractivity contribution in [1.82, 2.24) is 24.7 Å². The quantitative estimate of drug-likeness (QED) is 0.774. The van der Waals surface area contributed by atoms with Crippen LogP contribution in [0.5, 0.6) is 5.75 Å². The molecule has 0 amide bonds. The van der Waals surface area contributed by atoms with E-state index < -0.39 is 0 Å². The van der Waals surface area contributed by atoms with Crippen molar-refractivity contribution in [2.75, 3.05) is 6.61 Å². The molecular formula is C13H13N5O. The molecule has 19 heavy (non-hydrogen) atoms. The highest BCUT2D eigenvalue weighted by molar-refractivity contribution is 5.56. The average Bonchev–Trinajstić information content (AvgIpc) is 3.11. The zero-order valence-electron chi connectivity index (χ0n) is 10.4. The maximum atomic E-state index is 5.40. The SMILES string of the molecule is CCOc1ccc(-c2nc(-n3ccnc3)n[nH]2)cc1. The van der Waals surface area contributed by atoms with Crippen molar-refractivity contribution in [2.24, 2.45) is 0 Å². The normalized spacial score (nSPS) is 10.6. The van der Waals surface area contributed by atoms with Gasteiger partial charge in [-0.3, -0.25) is 9.67 Å². The lowest BCUT2D eigenvalue weighted by atomic mass is 10.2.